The van der Waals surface area contributed by atoms with E-state index in [1.54, 1.807) is 17.9 Å². The number of nitrogens with zero attached hydrogens (tertiary/aromatic N) is 3. The first kappa shape index (κ1) is 15.2. The van der Waals surface area contributed by atoms with E-state index in [0.717, 1.165) is 5.56 Å². The molecule has 0 spiro atoms. The van der Waals surface area contributed by atoms with E-state index in [1.165, 1.54) is 24.3 Å². The van der Waals surface area contributed by atoms with Crippen LogP contribution < -0.4 is 4.72 Å². The van der Waals surface area contributed by atoms with Gasteiger partial charge in [-0.15, -0.1) is 0 Å². The number of hydrogen-bond acceptors (Lipinski definition) is 5. The van der Waals surface area contributed by atoms with Gasteiger partial charge in [0.15, 0.2) is 0 Å². The average Bonchev–Trinajstić information content (AvgIpc) is 3.22. The Labute approximate surface area is 133 Å². The molecule has 1 fully saturated rings. The van der Waals surface area contributed by atoms with Gasteiger partial charge in [-0.25, -0.2) is 13.1 Å². The van der Waals surface area contributed by atoms with Gasteiger partial charge in [-0.1, -0.05) is 6.07 Å². The lowest BCUT2D eigenvalue weighted by molar-refractivity contribution is -0.120. The van der Waals surface area contributed by atoms with Crippen LogP contribution in [0.3, 0.4) is 0 Å². The quantitative estimate of drug-likeness (QED) is 0.897. The molecule has 2 atom stereocenters. The standard InChI is InChI=1S/C15H14N4O3S/c1-19-9-11(8-17-19)13-6-14(13)15(20)18-23(21,22)12-4-2-3-10(5-12)7-16/h2-5,8-9,13-14H,6H2,1H3,(H,18,20)/t13-,14+/m1/s1. The number of carbonyl (C=O) groups excluding carboxylic acids is 1. The molecular formula is C15H14N4O3S. The van der Waals surface area contributed by atoms with Gasteiger partial charge >= 0.3 is 0 Å². The number of aryl methyl sites for hydroxylation is 1. The van der Waals surface area contributed by atoms with Crippen molar-refractivity contribution in [2.75, 3.05) is 0 Å². The van der Waals surface area contributed by atoms with Crippen LogP contribution in [0.1, 0.15) is 23.5 Å². The summed E-state index contributed by atoms with van der Waals surface area (Å²) in [5.74, 6) is -0.890. The Morgan fingerprint density at radius 2 is 2.26 bits per heavy atom. The van der Waals surface area contributed by atoms with E-state index >= 15 is 0 Å². The fraction of sp³-hybridized carbons (Fsp3) is 0.267. The van der Waals surface area contributed by atoms with Crippen LogP contribution >= 0.6 is 0 Å². The zero-order chi connectivity index (χ0) is 16.6. The SMILES string of the molecule is Cn1cc([C@H]2C[C@@H]2C(=O)NS(=O)(=O)c2cccc(C#N)c2)cn1. The highest BCUT2D eigenvalue weighted by Gasteiger charge is 2.45. The first-order chi connectivity index (χ1) is 10.9. The first-order valence-electron chi connectivity index (χ1n) is 6.96. The van der Waals surface area contributed by atoms with Crippen LogP contribution in [0.15, 0.2) is 41.6 Å². The minimum Gasteiger partial charge on any atom is -0.276 e. The summed E-state index contributed by atoms with van der Waals surface area (Å²) in [5.41, 5.74) is 1.15. The average molecular weight is 330 g/mol. The maximum absolute atomic E-state index is 12.2. The van der Waals surface area contributed by atoms with Crippen molar-refractivity contribution in [3.05, 3.63) is 47.8 Å². The summed E-state index contributed by atoms with van der Waals surface area (Å²) in [7, 11) is -2.18. The van der Waals surface area contributed by atoms with E-state index in [0.29, 0.717) is 6.42 Å². The summed E-state index contributed by atoms with van der Waals surface area (Å²) in [6.45, 7) is 0. The summed E-state index contributed by atoms with van der Waals surface area (Å²) < 4.78 is 28.2. The maximum atomic E-state index is 12.2. The van der Waals surface area contributed by atoms with Crippen LogP contribution in [-0.2, 0) is 21.9 Å². The minimum absolute atomic E-state index is 0.00402. The third-order valence-corrected chi connectivity index (χ3v) is 5.13. The highest BCUT2D eigenvalue weighted by molar-refractivity contribution is 7.90. The Balaban J connectivity index is 1.71. The van der Waals surface area contributed by atoms with Crippen molar-refractivity contribution in [2.24, 2.45) is 13.0 Å². The van der Waals surface area contributed by atoms with Gasteiger partial charge in [0.25, 0.3) is 10.0 Å². The van der Waals surface area contributed by atoms with Gasteiger partial charge in [0, 0.05) is 19.2 Å². The van der Waals surface area contributed by atoms with Crippen molar-refractivity contribution in [1.82, 2.24) is 14.5 Å². The summed E-state index contributed by atoms with van der Waals surface area (Å²) in [5, 5.41) is 12.9. The van der Waals surface area contributed by atoms with Crippen molar-refractivity contribution in [3.63, 3.8) is 0 Å². The van der Waals surface area contributed by atoms with Gasteiger partial charge in [-0.2, -0.15) is 10.4 Å². The topological polar surface area (TPSA) is 105 Å². The number of hydrogen-bond donors (Lipinski definition) is 1. The predicted molar refractivity (Wildman–Crippen MR) is 80.5 cm³/mol. The van der Waals surface area contributed by atoms with E-state index in [2.05, 4.69) is 9.82 Å². The Morgan fingerprint density at radius 3 is 2.91 bits per heavy atom. The molecule has 118 valence electrons. The number of carbonyl (C=O) groups is 1. The molecular weight excluding hydrogens is 316 g/mol. The van der Waals surface area contributed by atoms with Crippen LogP contribution in [0.4, 0.5) is 0 Å². The predicted octanol–water partition coefficient (Wildman–Crippen LogP) is 0.900. The van der Waals surface area contributed by atoms with Crippen LogP contribution in [0.25, 0.3) is 0 Å². The van der Waals surface area contributed by atoms with E-state index in [9.17, 15) is 13.2 Å². The largest absolute Gasteiger partial charge is 0.276 e. The third-order valence-electron chi connectivity index (χ3n) is 3.79. The van der Waals surface area contributed by atoms with Crippen LogP contribution in [0.5, 0.6) is 0 Å². The van der Waals surface area contributed by atoms with Crippen molar-refractivity contribution < 1.29 is 13.2 Å². The monoisotopic (exact) mass is 330 g/mol. The molecule has 7 nitrogen and oxygen atoms in total. The number of amides is 1. The lowest BCUT2D eigenvalue weighted by Crippen LogP contribution is -2.32. The van der Waals surface area contributed by atoms with Crippen molar-refractivity contribution >= 4 is 15.9 Å². The zero-order valence-corrected chi connectivity index (χ0v) is 13.1. The van der Waals surface area contributed by atoms with Gasteiger partial charge in [0.2, 0.25) is 5.91 Å². The van der Waals surface area contributed by atoms with E-state index < -0.39 is 15.9 Å². The lowest BCUT2D eigenvalue weighted by atomic mass is 10.2. The third kappa shape index (κ3) is 3.10. The van der Waals surface area contributed by atoms with Crippen LogP contribution in [-0.4, -0.2) is 24.1 Å². The van der Waals surface area contributed by atoms with Gasteiger partial charge in [0.1, 0.15) is 0 Å². The number of benzene rings is 1. The Kier molecular flexibility index (Phi) is 3.66. The lowest BCUT2D eigenvalue weighted by Gasteiger charge is -2.06. The highest BCUT2D eigenvalue weighted by Crippen LogP contribution is 2.47. The van der Waals surface area contributed by atoms with Crippen LogP contribution in [0, 0.1) is 17.2 Å². The molecule has 2 aromatic rings. The fourth-order valence-corrected chi connectivity index (χ4v) is 3.56. The summed E-state index contributed by atoms with van der Waals surface area (Å²) in [6, 6.07) is 7.42. The zero-order valence-electron chi connectivity index (χ0n) is 12.3. The summed E-state index contributed by atoms with van der Waals surface area (Å²) >= 11 is 0. The fourth-order valence-electron chi connectivity index (χ4n) is 2.48. The maximum Gasteiger partial charge on any atom is 0.264 e. The second-order valence-corrected chi connectivity index (χ2v) is 7.19. The molecule has 1 N–H and O–H groups in total. The normalized spacial score (nSPS) is 19.8. The van der Waals surface area contributed by atoms with Crippen LogP contribution in [0.2, 0.25) is 0 Å². The second-order valence-electron chi connectivity index (χ2n) is 5.51. The Bertz CT molecular complexity index is 911. The van der Waals surface area contributed by atoms with Gasteiger partial charge in [-0.05, 0) is 36.1 Å². The van der Waals surface area contributed by atoms with Crippen molar-refractivity contribution in [1.29, 1.82) is 5.26 Å². The molecule has 0 unspecified atom stereocenters. The molecule has 1 aliphatic carbocycles. The molecule has 23 heavy (non-hydrogen) atoms. The Hall–Kier alpha value is -2.66. The molecule has 1 heterocycles. The molecule has 3 rings (SSSR count). The molecule has 0 aliphatic heterocycles. The smallest absolute Gasteiger partial charge is 0.264 e. The molecule has 1 aromatic heterocycles. The van der Waals surface area contributed by atoms with Gasteiger partial charge in [-0.3, -0.25) is 9.48 Å². The van der Waals surface area contributed by atoms with E-state index in [-0.39, 0.29) is 22.3 Å². The number of rotatable bonds is 4. The van der Waals surface area contributed by atoms with Gasteiger partial charge < -0.3 is 0 Å². The molecule has 8 heteroatoms. The van der Waals surface area contributed by atoms with Crippen molar-refractivity contribution in [2.45, 2.75) is 17.2 Å². The second kappa shape index (κ2) is 5.52. The minimum atomic E-state index is -3.97. The van der Waals surface area contributed by atoms with Gasteiger partial charge in [0.05, 0.1) is 22.7 Å². The molecule has 0 saturated heterocycles. The molecule has 1 amide bonds. The highest BCUT2D eigenvalue weighted by atomic mass is 32.2. The number of sulfonamides is 1. The van der Waals surface area contributed by atoms with E-state index in [4.69, 9.17) is 5.26 Å². The molecule has 1 aliphatic rings. The number of aromatic nitrogens is 2. The molecule has 1 saturated carbocycles. The number of nitrogens with one attached hydrogen (secondary N) is 1. The molecule has 0 bridgehead atoms. The molecule has 0 radical (unpaired) electrons. The van der Waals surface area contributed by atoms with E-state index in [1.807, 2.05) is 12.3 Å². The van der Waals surface area contributed by atoms with Crippen molar-refractivity contribution in [3.8, 4) is 6.07 Å². The first-order valence-corrected chi connectivity index (χ1v) is 8.44. The summed E-state index contributed by atoms with van der Waals surface area (Å²) in [6.07, 6.45) is 4.11. The Morgan fingerprint density at radius 1 is 1.48 bits per heavy atom. The number of nitriles is 1. The summed E-state index contributed by atoms with van der Waals surface area (Å²) in [4.78, 5) is 12.1. The molecule has 1 aromatic carbocycles.